The maximum absolute atomic E-state index is 12.1. The molecule has 0 aliphatic carbocycles. The van der Waals surface area contributed by atoms with Gasteiger partial charge in [0.25, 0.3) is 5.91 Å². The van der Waals surface area contributed by atoms with E-state index in [1.54, 1.807) is 36.6 Å². The van der Waals surface area contributed by atoms with E-state index in [0.717, 1.165) is 18.7 Å². The number of anilines is 1. The largest absolute Gasteiger partial charge is 0.490 e. The first-order valence-electron chi connectivity index (χ1n) is 8.70. The summed E-state index contributed by atoms with van der Waals surface area (Å²) >= 11 is 0. The lowest BCUT2D eigenvalue weighted by molar-refractivity contribution is 0.0955. The summed E-state index contributed by atoms with van der Waals surface area (Å²) in [4.78, 5) is 14.4. The molecule has 0 radical (unpaired) electrons. The van der Waals surface area contributed by atoms with Crippen molar-refractivity contribution in [2.45, 2.75) is 13.8 Å². The first-order chi connectivity index (χ1) is 12.7. The van der Waals surface area contributed by atoms with Crippen LogP contribution in [0.4, 0.5) is 5.69 Å². The van der Waals surface area contributed by atoms with Crippen molar-refractivity contribution in [2.75, 3.05) is 24.6 Å². The van der Waals surface area contributed by atoms with Gasteiger partial charge in [0.15, 0.2) is 0 Å². The Morgan fingerprint density at radius 1 is 1.12 bits per heavy atom. The Bertz CT molecular complexity index is 733. The topological polar surface area (TPSA) is 53.9 Å². The number of ether oxygens (including phenoxy) is 1. The molecule has 5 nitrogen and oxygen atoms in total. The number of carbonyl (C=O) groups excluding carboxylic acids is 1. The molecule has 0 spiro atoms. The highest BCUT2D eigenvalue weighted by atomic mass is 16.5. The van der Waals surface area contributed by atoms with Gasteiger partial charge in [-0.3, -0.25) is 4.79 Å². The lowest BCUT2D eigenvalue weighted by Crippen LogP contribution is -2.21. The van der Waals surface area contributed by atoms with Crippen LogP contribution in [-0.2, 0) is 0 Å². The number of hydrogen-bond donors (Lipinski definition) is 1. The van der Waals surface area contributed by atoms with E-state index in [9.17, 15) is 4.79 Å². The van der Waals surface area contributed by atoms with Gasteiger partial charge in [0.05, 0.1) is 6.21 Å². The average Bonchev–Trinajstić information content (AvgIpc) is 2.69. The Kier molecular flexibility index (Phi) is 7.43. The molecule has 1 amide bonds. The minimum absolute atomic E-state index is 0.267. The predicted molar refractivity (Wildman–Crippen MR) is 107 cm³/mol. The zero-order chi connectivity index (χ0) is 18.8. The first kappa shape index (κ1) is 19.2. The molecule has 0 aromatic heterocycles. The molecule has 136 valence electrons. The molecular weight excluding hydrogens is 326 g/mol. The van der Waals surface area contributed by atoms with Crippen LogP contribution >= 0.6 is 0 Å². The van der Waals surface area contributed by atoms with E-state index in [1.165, 1.54) is 5.69 Å². The number of carbonyl (C=O) groups is 1. The second-order valence-electron chi connectivity index (χ2n) is 5.59. The number of benzene rings is 2. The molecule has 0 aliphatic rings. The third-order valence-corrected chi connectivity index (χ3v) is 3.89. The van der Waals surface area contributed by atoms with E-state index in [-0.39, 0.29) is 5.91 Å². The van der Waals surface area contributed by atoms with Crippen molar-refractivity contribution in [1.82, 2.24) is 5.43 Å². The Morgan fingerprint density at radius 3 is 2.35 bits per heavy atom. The number of rotatable bonds is 9. The quantitative estimate of drug-likeness (QED) is 0.424. The Morgan fingerprint density at radius 2 is 1.77 bits per heavy atom. The summed E-state index contributed by atoms with van der Waals surface area (Å²) in [5.74, 6) is 0.425. The van der Waals surface area contributed by atoms with E-state index in [0.29, 0.717) is 17.9 Å². The molecule has 2 rings (SSSR count). The molecule has 1 N–H and O–H groups in total. The van der Waals surface area contributed by atoms with Crippen molar-refractivity contribution in [1.29, 1.82) is 0 Å². The van der Waals surface area contributed by atoms with Crippen molar-refractivity contribution >= 4 is 17.8 Å². The van der Waals surface area contributed by atoms with Crippen LogP contribution in [0, 0.1) is 0 Å². The minimum atomic E-state index is -0.267. The van der Waals surface area contributed by atoms with Crippen molar-refractivity contribution in [3.63, 3.8) is 0 Å². The smallest absolute Gasteiger partial charge is 0.271 e. The van der Waals surface area contributed by atoms with Gasteiger partial charge in [-0.2, -0.15) is 5.10 Å². The van der Waals surface area contributed by atoms with E-state index in [2.05, 4.69) is 48.0 Å². The van der Waals surface area contributed by atoms with E-state index < -0.39 is 0 Å². The summed E-state index contributed by atoms with van der Waals surface area (Å²) in [6.07, 6.45) is 3.30. The van der Waals surface area contributed by atoms with Gasteiger partial charge >= 0.3 is 0 Å². The van der Waals surface area contributed by atoms with Gasteiger partial charge in [-0.15, -0.1) is 0 Å². The van der Waals surface area contributed by atoms with Gasteiger partial charge in [0.2, 0.25) is 0 Å². The second kappa shape index (κ2) is 10.0. The van der Waals surface area contributed by atoms with Crippen LogP contribution in [0.2, 0.25) is 0 Å². The summed E-state index contributed by atoms with van der Waals surface area (Å²) in [6, 6.07) is 15.0. The fraction of sp³-hybridized carbons (Fsp3) is 0.238. The normalized spacial score (nSPS) is 10.5. The number of amides is 1. The molecule has 0 fully saturated rings. The predicted octanol–water partition coefficient (Wildman–Crippen LogP) is 3.86. The molecule has 26 heavy (non-hydrogen) atoms. The summed E-state index contributed by atoms with van der Waals surface area (Å²) < 4.78 is 5.39. The van der Waals surface area contributed by atoms with Crippen molar-refractivity contribution in [2.24, 2.45) is 5.10 Å². The van der Waals surface area contributed by atoms with Gasteiger partial charge in [-0.05, 0) is 55.8 Å². The molecule has 0 saturated heterocycles. The molecule has 5 heteroatoms. The van der Waals surface area contributed by atoms with Crippen LogP contribution in [0.15, 0.2) is 66.3 Å². The Balaban J connectivity index is 1.91. The summed E-state index contributed by atoms with van der Waals surface area (Å²) in [5.41, 5.74) is 5.15. The monoisotopic (exact) mass is 351 g/mol. The Labute approximate surface area is 155 Å². The molecule has 0 aliphatic heterocycles. The summed E-state index contributed by atoms with van der Waals surface area (Å²) in [5, 5.41) is 4.02. The highest BCUT2D eigenvalue weighted by Crippen LogP contribution is 2.14. The lowest BCUT2D eigenvalue weighted by atomic mass is 10.2. The van der Waals surface area contributed by atoms with Gasteiger partial charge in [-0.1, -0.05) is 24.8 Å². The molecular formula is C21H25N3O2. The van der Waals surface area contributed by atoms with Crippen molar-refractivity contribution < 1.29 is 9.53 Å². The van der Waals surface area contributed by atoms with Gasteiger partial charge in [0.1, 0.15) is 12.4 Å². The fourth-order valence-corrected chi connectivity index (χ4v) is 2.45. The standard InChI is InChI=1S/C21H25N3O2/c1-4-15-26-20-13-9-18(10-14-20)21(25)23-22-16-17-7-11-19(12-8-17)24(5-2)6-3/h4,7-14,16H,1,5-6,15H2,2-3H3,(H,23,25). The zero-order valence-electron chi connectivity index (χ0n) is 15.3. The van der Waals surface area contributed by atoms with Gasteiger partial charge in [0, 0.05) is 24.3 Å². The van der Waals surface area contributed by atoms with E-state index in [1.807, 2.05) is 12.1 Å². The molecule has 0 atom stereocenters. The van der Waals surface area contributed by atoms with Gasteiger partial charge in [-0.25, -0.2) is 5.43 Å². The average molecular weight is 351 g/mol. The van der Waals surface area contributed by atoms with E-state index >= 15 is 0 Å². The first-order valence-corrected chi connectivity index (χ1v) is 8.70. The molecule has 0 bridgehead atoms. The molecule has 2 aromatic rings. The molecule has 0 saturated carbocycles. The second-order valence-corrected chi connectivity index (χ2v) is 5.59. The number of nitrogens with zero attached hydrogens (tertiary/aromatic N) is 2. The van der Waals surface area contributed by atoms with Gasteiger partial charge < -0.3 is 9.64 Å². The SMILES string of the molecule is C=CCOc1ccc(C(=O)NN=Cc2ccc(N(CC)CC)cc2)cc1. The fourth-order valence-electron chi connectivity index (χ4n) is 2.45. The maximum atomic E-state index is 12.1. The van der Waals surface area contributed by atoms with Crippen LogP contribution in [0.25, 0.3) is 0 Å². The summed E-state index contributed by atoms with van der Waals surface area (Å²) in [7, 11) is 0. The van der Waals surface area contributed by atoms with Crippen LogP contribution in [0.1, 0.15) is 29.8 Å². The third kappa shape index (κ3) is 5.48. The molecule has 0 unspecified atom stereocenters. The third-order valence-electron chi connectivity index (χ3n) is 3.89. The minimum Gasteiger partial charge on any atom is -0.490 e. The molecule has 2 aromatic carbocycles. The van der Waals surface area contributed by atoms with E-state index in [4.69, 9.17) is 4.74 Å². The number of hydrogen-bond acceptors (Lipinski definition) is 4. The molecule has 0 heterocycles. The lowest BCUT2D eigenvalue weighted by Gasteiger charge is -2.20. The van der Waals surface area contributed by atoms with Crippen molar-refractivity contribution in [3.05, 3.63) is 72.3 Å². The van der Waals surface area contributed by atoms with Crippen LogP contribution in [0.3, 0.4) is 0 Å². The van der Waals surface area contributed by atoms with Crippen LogP contribution < -0.4 is 15.1 Å². The number of nitrogens with one attached hydrogen (secondary N) is 1. The summed E-state index contributed by atoms with van der Waals surface area (Å²) in [6.45, 7) is 10.2. The van der Waals surface area contributed by atoms with Crippen LogP contribution in [0.5, 0.6) is 5.75 Å². The highest BCUT2D eigenvalue weighted by molar-refractivity contribution is 5.95. The maximum Gasteiger partial charge on any atom is 0.271 e. The van der Waals surface area contributed by atoms with Crippen LogP contribution in [-0.4, -0.2) is 31.8 Å². The number of hydrazone groups is 1. The van der Waals surface area contributed by atoms with Crippen molar-refractivity contribution in [3.8, 4) is 5.75 Å². The zero-order valence-corrected chi connectivity index (χ0v) is 15.3. The Hall–Kier alpha value is -3.08. The highest BCUT2D eigenvalue weighted by Gasteiger charge is 2.04.